The van der Waals surface area contributed by atoms with Crippen LogP contribution in [0.15, 0.2) is 17.9 Å². The monoisotopic (exact) mass is 167 g/mol. The molecule has 0 saturated carbocycles. The fourth-order valence-electron chi connectivity index (χ4n) is 1.50. The third-order valence-corrected chi connectivity index (χ3v) is 2.12. The zero-order valence-corrected chi connectivity index (χ0v) is 7.66. The molecule has 3 heteroatoms. The minimum Gasteiger partial charge on any atom is -0.317 e. The second kappa shape index (κ2) is 4.93. The molecule has 0 unspecified atom stereocenters. The summed E-state index contributed by atoms with van der Waals surface area (Å²) in [5.74, 6) is 0. The maximum atomic E-state index is 4.23. The molecular weight excluding hydrogens is 150 g/mol. The van der Waals surface area contributed by atoms with Gasteiger partial charge in [-0.1, -0.05) is 6.58 Å². The van der Waals surface area contributed by atoms with Gasteiger partial charge in [-0.2, -0.15) is 5.10 Å². The number of nitrogens with zero attached hydrogens (tertiary/aromatic N) is 2. The predicted molar refractivity (Wildman–Crippen MR) is 52.1 cm³/mol. The highest BCUT2D eigenvalue weighted by molar-refractivity contribution is 5.52. The molecule has 1 rings (SSSR count). The van der Waals surface area contributed by atoms with Crippen molar-refractivity contribution < 1.29 is 0 Å². The van der Waals surface area contributed by atoms with E-state index in [2.05, 4.69) is 17.0 Å². The van der Waals surface area contributed by atoms with E-state index in [1.165, 1.54) is 0 Å². The van der Waals surface area contributed by atoms with E-state index in [-0.39, 0.29) is 0 Å². The van der Waals surface area contributed by atoms with Crippen LogP contribution in [-0.4, -0.2) is 30.4 Å². The van der Waals surface area contributed by atoms with Crippen molar-refractivity contribution in [3.8, 4) is 0 Å². The minimum absolute atomic E-state index is 0.542. The van der Waals surface area contributed by atoms with Crippen LogP contribution < -0.4 is 5.32 Å². The van der Waals surface area contributed by atoms with Crippen molar-refractivity contribution >= 4 is 6.21 Å². The van der Waals surface area contributed by atoms with Gasteiger partial charge in [0.2, 0.25) is 0 Å². The van der Waals surface area contributed by atoms with Crippen molar-refractivity contribution in [2.45, 2.75) is 25.8 Å². The minimum atomic E-state index is 0.542. The van der Waals surface area contributed by atoms with Crippen LogP contribution in [0.5, 0.6) is 0 Å². The molecule has 1 saturated heterocycles. The molecule has 0 aromatic heterocycles. The van der Waals surface area contributed by atoms with Crippen molar-refractivity contribution in [1.82, 2.24) is 10.3 Å². The fourth-order valence-corrected chi connectivity index (χ4v) is 1.50. The zero-order valence-electron chi connectivity index (χ0n) is 7.66. The van der Waals surface area contributed by atoms with Gasteiger partial charge in [0.05, 0.1) is 6.04 Å². The highest BCUT2D eigenvalue weighted by atomic mass is 15.5. The van der Waals surface area contributed by atoms with Crippen molar-refractivity contribution in [3.05, 3.63) is 12.8 Å². The molecule has 1 aliphatic heterocycles. The Morgan fingerprint density at radius 2 is 2.17 bits per heavy atom. The lowest BCUT2D eigenvalue weighted by molar-refractivity contribution is 0.235. The summed E-state index contributed by atoms with van der Waals surface area (Å²) in [6.45, 7) is 7.86. The Kier molecular flexibility index (Phi) is 3.80. The van der Waals surface area contributed by atoms with E-state index in [1.54, 1.807) is 6.20 Å². The SMILES string of the molecule is C=CN(/N=C\C)C1CCNCC1. The van der Waals surface area contributed by atoms with Gasteiger partial charge in [-0.3, -0.25) is 5.01 Å². The number of piperidine rings is 1. The Hall–Kier alpha value is -0.830. The molecule has 0 atom stereocenters. The quantitative estimate of drug-likeness (QED) is 0.505. The van der Waals surface area contributed by atoms with Crippen molar-refractivity contribution in [2.24, 2.45) is 5.10 Å². The molecule has 0 aromatic rings. The lowest BCUT2D eigenvalue weighted by Gasteiger charge is -2.29. The van der Waals surface area contributed by atoms with E-state index in [0.29, 0.717) is 6.04 Å². The average Bonchev–Trinajstić information content (AvgIpc) is 2.15. The molecule has 0 radical (unpaired) electrons. The molecule has 0 spiro atoms. The first kappa shape index (κ1) is 9.26. The first-order valence-corrected chi connectivity index (χ1v) is 4.48. The zero-order chi connectivity index (χ0) is 8.81. The van der Waals surface area contributed by atoms with Gasteiger partial charge in [0, 0.05) is 12.4 Å². The van der Waals surface area contributed by atoms with E-state index in [9.17, 15) is 0 Å². The van der Waals surface area contributed by atoms with Crippen molar-refractivity contribution in [2.75, 3.05) is 13.1 Å². The molecule has 1 N–H and O–H groups in total. The van der Waals surface area contributed by atoms with Gasteiger partial charge in [-0.15, -0.1) is 0 Å². The second-order valence-corrected chi connectivity index (χ2v) is 2.92. The van der Waals surface area contributed by atoms with Crippen LogP contribution in [0.25, 0.3) is 0 Å². The maximum absolute atomic E-state index is 4.23. The van der Waals surface area contributed by atoms with Crippen LogP contribution in [0.1, 0.15) is 19.8 Å². The van der Waals surface area contributed by atoms with Gasteiger partial charge < -0.3 is 5.32 Å². The summed E-state index contributed by atoms with van der Waals surface area (Å²) in [4.78, 5) is 0. The summed E-state index contributed by atoms with van der Waals surface area (Å²) in [6.07, 6.45) is 5.92. The van der Waals surface area contributed by atoms with Crippen LogP contribution in [0.2, 0.25) is 0 Å². The normalized spacial score (nSPS) is 19.8. The standard InChI is InChI=1S/C9H17N3/c1-3-11-12(4-2)9-5-7-10-8-6-9/h3-4,9-10H,2,5-8H2,1H3/b11-3-. The van der Waals surface area contributed by atoms with E-state index < -0.39 is 0 Å². The fraction of sp³-hybridized carbons (Fsp3) is 0.667. The Morgan fingerprint density at radius 1 is 1.50 bits per heavy atom. The second-order valence-electron chi connectivity index (χ2n) is 2.92. The van der Waals surface area contributed by atoms with Crippen molar-refractivity contribution in [1.29, 1.82) is 0 Å². The van der Waals surface area contributed by atoms with Gasteiger partial charge in [0.15, 0.2) is 0 Å². The number of hydrogen-bond donors (Lipinski definition) is 1. The summed E-state index contributed by atoms with van der Waals surface area (Å²) in [7, 11) is 0. The largest absolute Gasteiger partial charge is 0.317 e. The molecule has 0 aromatic carbocycles. The predicted octanol–water partition coefficient (Wildman–Crippen LogP) is 1.19. The summed E-state index contributed by atoms with van der Waals surface area (Å²) in [5, 5.41) is 9.51. The highest BCUT2D eigenvalue weighted by Gasteiger charge is 2.16. The van der Waals surface area contributed by atoms with Crippen molar-refractivity contribution in [3.63, 3.8) is 0 Å². The van der Waals surface area contributed by atoms with Gasteiger partial charge in [0.1, 0.15) is 0 Å². The first-order chi connectivity index (χ1) is 5.88. The molecule has 68 valence electrons. The maximum Gasteiger partial charge on any atom is 0.0543 e. The molecule has 0 bridgehead atoms. The number of hydrazone groups is 1. The number of rotatable bonds is 3. The lowest BCUT2D eigenvalue weighted by atomic mass is 10.1. The smallest absolute Gasteiger partial charge is 0.0543 e. The number of hydrogen-bond acceptors (Lipinski definition) is 3. The number of nitrogens with one attached hydrogen (secondary N) is 1. The first-order valence-electron chi connectivity index (χ1n) is 4.48. The van der Waals surface area contributed by atoms with E-state index in [0.717, 1.165) is 25.9 Å². The van der Waals surface area contributed by atoms with Gasteiger partial charge in [0.25, 0.3) is 0 Å². The molecule has 1 fully saturated rings. The van der Waals surface area contributed by atoms with Gasteiger partial charge >= 0.3 is 0 Å². The Labute approximate surface area is 74.1 Å². The Bertz CT molecular complexity index is 159. The molecule has 0 aliphatic carbocycles. The van der Waals surface area contributed by atoms with E-state index in [1.807, 2.05) is 18.1 Å². The molecule has 1 aliphatic rings. The molecule has 0 amide bonds. The molecular formula is C9H17N3. The van der Waals surface area contributed by atoms with E-state index >= 15 is 0 Å². The Balaban J connectivity index is 2.45. The van der Waals surface area contributed by atoms with Crippen LogP contribution in [0.3, 0.4) is 0 Å². The van der Waals surface area contributed by atoms with E-state index in [4.69, 9.17) is 0 Å². The third kappa shape index (κ3) is 2.34. The summed E-state index contributed by atoms with van der Waals surface area (Å²) >= 11 is 0. The molecule has 1 heterocycles. The summed E-state index contributed by atoms with van der Waals surface area (Å²) < 4.78 is 0. The third-order valence-electron chi connectivity index (χ3n) is 2.12. The molecule has 3 nitrogen and oxygen atoms in total. The summed E-state index contributed by atoms with van der Waals surface area (Å²) in [5.41, 5.74) is 0. The average molecular weight is 167 g/mol. The molecule has 12 heavy (non-hydrogen) atoms. The van der Waals surface area contributed by atoms with Crippen LogP contribution >= 0.6 is 0 Å². The van der Waals surface area contributed by atoms with Gasteiger partial charge in [-0.25, -0.2) is 0 Å². The topological polar surface area (TPSA) is 27.6 Å². The van der Waals surface area contributed by atoms with Gasteiger partial charge in [-0.05, 0) is 32.9 Å². The van der Waals surface area contributed by atoms with Crippen LogP contribution in [-0.2, 0) is 0 Å². The Morgan fingerprint density at radius 3 is 2.67 bits per heavy atom. The highest BCUT2D eigenvalue weighted by Crippen LogP contribution is 2.11. The van der Waals surface area contributed by atoms with Crippen LogP contribution in [0, 0.1) is 0 Å². The van der Waals surface area contributed by atoms with Crippen LogP contribution in [0.4, 0.5) is 0 Å². The lowest BCUT2D eigenvalue weighted by Crippen LogP contribution is -2.38. The summed E-state index contributed by atoms with van der Waals surface area (Å²) in [6, 6.07) is 0.542.